The van der Waals surface area contributed by atoms with Crippen LogP contribution in [0.2, 0.25) is 0 Å². The Hall–Kier alpha value is -3.57. The zero-order chi connectivity index (χ0) is 18.9. The van der Waals surface area contributed by atoms with E-state index in [9.17, 15) is 10.1 Å². The van der Waals surface area contributed by atoms with Gasteiger partial charge in [0.1, 0.15) is 17.7 Å². The van der Waals surface area contributed by atoms with E-state index in [1.807, 2.05) is 50.2 Å². The summed E-state index contributed by atoms with van der Waals surface area (Å²) in [5.41, 5.74) is 1.98. The predicted molar refractivity (Wildman–Crippen MR) is 101 cm³/mol. The van der Waals surface area contributed by atoms with Crippen molar-refractivity contribution in [3.05, 3.63) is 77.5 Å². The van der Waals surface area contributed by atoms with Crippen LogP contribution in [-0.2, 0) is 11.3 Å². The largest absolute Gasteiger partial charge is 0.359 e. The zero-order valence-corrected chi connectivity index (χ0v) is 14.8. The van der Waals surface area contributed by atoms with Gasteiger partial charge >= 0.3 is 0 Å². The van der Waals surface area contributed by atoms with Crippen molar-refractivity contribution in [2.45, 2.75) is 26.4 Å². The first-order valence-corrected chi connectivity index (χ1v) is 8.27. The van der Waals surface area contributed by atoms with Crippen LogP contribution in [0.5, 0.6) is 0 Å². The minimum Gasteiger partial charge on any atom is -0.359 e. The molecule has 0 saturated carbocycles. The van der Waals surface area contributed by atoms with Crippen LogP contribution in [0.1, 0.15) is 25.0 Å². The van der Waals surface area contributed by atoms with E-state index in [1.165, 1.54) is 6.20 Å². The third kappa shape index (κ3) is 4.72. The maximum Gasteiger partial charge on any atom is 0.266 e. The summed E-state index contributed by atoms with van der Waals surface area (Å²) in [6.45, 7) is 4.24. The molecule has 0 aliphatic heterocycles. The molecule has 1 amide bonds. The number of nitrogens with one attached hydrogen (secondary N) is 1. The standard InChI is InChI=1S/C21H20N4O/c1-16(2)25(15-17-8-4-3-5-9-17)21(26)19(13-23)14-24-20-11-7-6-10-18(20)12-22/h3-11,14,16,24H,15H2,1-2H3/b19-14-. The molecule has 0 aromatic heterocycles. The van der Waals surface area contributed by atoms with Gasteiger partial charge < -0.3 is 10.2 Å². The van der Waals surface area contributed by atoms with E-state index in [2.05, 4.69) is 11.4 Å². The molecule has 130 valence electrons. The SMILES string of the molecule is CC(C)N(Cc1ccccc1)C(=O)/C(C#N)=C\Nc1ccccc1C#N. The van der Waals surface area contributed by atoms with E-state index in [1.54, 1.807) is 29.2 Å². The topological polar surface area (TPSA) is 79.9 Å². The van der Waals surface area contributed by atoms with Crippen LogP contribution in [0.15, 0.2) is 66.4 Å². The van der Waals surface area contributed by atoms with Gasteiger partial charge in [0, 0.05) is 18.8 Å². The maximum atomic E-state index is 12.8. The second-order valence-corrected chi connectivity index (χ2v) is 5.98. The number of amides is 1. The number of hydrogen-bond donors (Lipinski definition) is 1. The molecule has 0 radical (unpaired) electrons. The van der Waals surface area contributed by atoms with Gasteiger partial charge in [0.25, 0.3) is 5.91 Å². The van der Waals surface area contributed by atoms with Crippen LogP contribution in [0.4, 0.5) is 5.69 Å². The summed E-state index contributed by atoms with van der Waals surface area (Å²) in [7, 11) is 0. The molecule has 0 spiro atoms. The molecule has 2 aromatic carbocycles. The normalized spacial score (nSPS) is 10.7. The molecule has 1 N–H and O–H groups in total. The zero-order valence-electron chi connectivity index (χ0n) is 14.8. The number of nitrogens with zero attached hydrogens (tertiary/aromatic N) is 3. The van der Waals surface area contributed by atoms with E-state index in [0.717, 1.165) is 5.56 Å². The monoisotopic (exact) mass is 344 g/mol. The molecule has 2 aromatic rings. The Morgan fingerprint density at radius 3 is 2.38 bits per heavy atom. The molecule has 0 heterocycles. The van der Waals surface area contributed by atoms with Crippen molar-refractivity contribution in [2.75, 3.05) is 5.32 Å². The van der Waals surface area contributed by atoms with E-state index in [0.29, 0.717) is 17.8 Å². The van der Waals surface area contributed by atoms with E-state index >= 15 is 0 Å². The molecule has 5 nitrogen and oxygen atoms in total. The Kier molecular flexibility index (Phi) is 6.53. The Balaban J connectivity index is 2.22. The lowest BCUT2D eigenvalue weighted by Crippen LogP contribution is -2.37. The fourth-order valence-corrected chi connectivity index (χ4v) is 2.42. The summed E-state index contributed by atoms with van der Waals surface area (Å²) in [5.74, 6) is -0.353. The van der Waals surface area contributed by atoms with Crippen molar-refractivity contribution in [2.24, 2.45) is 0 Å². The van der Waals surface area contributed by atoms with Gasteiger partial charge in [-0.25, -0.2) is 0 Å². The van der Waals surface area contributed by atoms with Crippen molar-refractivity contribution in [1.29, 1.82) is 10.5 Å². The highest BCUT2D eigenvalue weighted by Gasteiger charge is 2.21. The average molecular weight is 344 g/mol. The number of nitriles is 2. The molecule has 0 fully saturated rings. The number of benzene rings is 2. The van der Waals surface area contributed by atoms with Crippen LogP contribution >= 0.6 is 0 Å². The first-order chi connectivity index (χ1) is 12.6. The van der Waals surface area contributed by atoms with Gasteiger partial charge in [-0.15, -0.1) is 0 Å². The summed E-state index contributed by atoms with van der Waals surface area (Å²) in [4.78, 5) is 14.5. The molecule has 5 heteroatoms. The highest BCUT2D eigenvalue weighted by Crippen LogP contribution is 2.16. The molecule has 0 unspecified atom stereocenters. The second kappa shape index (κ2) is 9.05. The fourth-order valence-electron chi connectivity index (χ4n) is 2.42. The first-order valence-electron chi connectivity index (χ1n) is 8.27. The van der Waals surface area contributed by atoms with Crippen molar-refractivity contribution >= 4 is 11.6 Å². The lowest BCUT2D eigenvalue weighted by Gasteiger charge is -2.26. The molecular weight excluding hydrogens is 324 g/mol. The average Bonchev–Trinajstić information content (AvgIpc) is 2.67. The van der Waals surface area contributed by atoms with Crippen molar-refractivity contribution in [1.82, 2.24) is 4.90 Å². The lowest BCUT2D eigenvalue weighted by atomic mass is 10.1. The van der Waals surface area contributed by atoms with Crippen LogP contribution in [0.25, 0.3) is 0 Å². The van der Waals surface area contributed by atoms with Gasteiger partial charge in [0.05, 0.1) is 11.3 Å². The quantitative estimate of drug-likeness (QED) is 0.638. The third-order valence-corrected chi connectivity index (χ3v) is 3.85. The summed E-state index contributed by atoms with van der Waals surface area (Å²) >= 11 is 0. The van der Waals surface area contributed by atoms with Gasteiger partial charge in [0.2, 0.25) is 0 Å². The van der Waals surface area contributed by atoms with Crippen LogP contribution < -0.4 is 5.32 Å². The Morgan fingerprint density at radius 2 is 1.77 bits per heavy atom. The van der Waals surface area contributed by atoms with Gasteiger partial charge in [-0.05, 0) is 31.5 Å². The van der Waals surface area contributed by atoms with Gasteiger partial charge in [-0.2, -0.15) is 10.5 Å². The first kappa shape index (κ1) is 18.8. The Labute approximate surface area is 153 Å². The maximum absolute atomic E-state index is 12.8. The van der Waals surface area contributed by atoms with E-state index in [-0.39, 0.29) is 17.5 Å². The predicted octanol–water partition coefficient (Wildman–Crippen LogP) is 3.81. The number of anilines is 1. The third-order valence-electron chi connectivity index (χ3n) is 3.85. The highest BCUT2D eigenvalue weighted by molar-refractivity contribution is 5.97. The van der Waals surface area contributed by atoms with E-state index in [4.69, 9.17) is 5.26 Å². The molecule has 26 heavy (non-hydrogen) atoms. The van der Waals surface area contributed by atoms with Gasteiger partial charge in [-0.1, -0.05) is 42.5 Å². The molecular formula is C21H20N4O. The molecule has 0 bridgehead atoms. The van der Waals surface area contributed by atoms with Crippen molar-refractivity contribution in [3.63, 3.8) is 0 Å². The Bertz CT molecular complexity index is 873. The van der Waals surface area contributed by atoms with Crippen LogP contribution in [-0.4, -0.2) is 16.8 Å². The van der Waals surface area contributed by atoms with Crippen molar-refractivity contribution < 1.29 is 4.79 Å². The van der Waals surface area contributed by atoms with Crippen LogP contribution in [0.3, 0.4) is 0 Å². The number of hydrogen-bond acceptors (Lipinski definition) is 4. The number of carbonyl (C=O) groups excluding carboxylic acids is 1. The van der Waals surface area contributed by atoms with Crippen molar-refractivity contribution in [3.8, 4) is 12.1 Å². The molecule has 0 aliphatic carbocycles. The second-order valence-electron chi connectivity index (χ2n) is 5.98. The summed E-state index contributed by atoms with van der Waals surface area (Å²) in [6, 6.07) is 20.5. The minimum absolute atomic E-state index is 0.0117. The number of para-hydroxylation sites is 1. The lowest BCUT2D eigenvalue weighted by molar-refractivity contribution is -0.129. The summed E-state index contributed by atoms with van der Waals surface area (Å²) in [5, 5.41) is 21.5. The minimum atomic E-state index is -0.353. The number of rotatable bonds is 6. The molecule has 0 atom stereocenters. The number of carbonyl (C=O) groups is 1. The van der Waals surface area contributed by atoms with Gasteiger partial charge in [0.15, 0.2) is 0 Å². The smallest absolute Gasteiger partial charge is 0.266 e. The fraction of sp³-hybridized carbons (Fsp3) is 0.190. The van der Waals surface area contributed by atoms with E-state index < -0.39 is 0 Å². The highest BCUT2D eigenvalue weighted by atomic mass is 16.2. The molecule has 0 saturated heterocycles. The van der Waals surface area contributed by atoms with Crippen LogP contribution in [0, 0.1) is 22.7 Å². The molecule has 2 rings (SSSR count). The summed E-state index contributed by atoms with van der Waals surface area (Å²) < 4.78 is 0. The molecule has 0 aliphatic rings. The van der Waals surface area contributed by atoms with Gasteiger partial charge in [-0.3, -0.25) is 4.79 Å². The Morgan fingerprint density at radius 1 is 1.12 bits per heavy atom. The summed E-state index contributed by atoms with van der Waals surface area (Å²) in [6.07, 6.45) is 1.36.